The van der Waals surface area contributed by atoms with Gasteiger partial charge in [-0.1, -0.05) is 24.3 Å². The lowest BCUT2D eigenvalue weighted by Crippen LogP contribution is -2.24. The number of carbonyl (C=O) groups excluding carboxylic acids is 1. The highest BCUT2D eigenvalue weighted by Crippen LogP contribution is 2.13. The van der Waals surface area contributed by atoms with Gasteiger partial charge in [-0.3, -0.25) is 4.79 Å². The number of para-hydroxylation sites is 1. The minimum Gasteiger partial charge on any atom is -0.348 e. The molecule has 8 nitrogen and oxygen atoms in total. The van der Waals surface area contributed by atoms with E-state index in [-0.39, 0.29) is 17.3 Å². The molecule has 2 aromatic carbocycles. The molecule has 25 heavy (non-hydrogen) atoms. The number of primary sulfonamides is 1. The van der Waals surface area contributed by atoms with Crippen molar-refractivity contribution >= 4 is 15.9 Å². The van der Waals surface area contributed by atoms with Gasteiger partial charge < -0.3 is 5.32 Å². The number of hydrogen-bond donors (Lipinski definition) is 2. The number of sulfonamides is 1. The van der Waals surface area contributed by atoms with Crippen molar-refractivity contribution in [1.82, 2.24) is 20.1 Å². The number of carbonyl (C=O) groups is 1. The molecule has 3 aromatic rings. The summed E-state index contributed by atoms with van der Waals surface area (Å²) in [7, 11) is -3.73. The SMILES string of the molecule is NS(=O)(=O)c1ccc(CNC(=O)c2ccccc2-n2cncn2)cc1. The van der Waals surface area contributed by atoms with Crippen LogP contribution in [0.2, 0.25) is 0 Å². The van der Waals surface area contributed by atoms with Crippen LogP contribution in [-0.4, -0.2) is 29.1 Å². The van der Waals surface area contributed by atoms with Crippen LogP contribution in [0.1, 0.15) is 15.9 Å². The first-order valence-electron chi connectivity index (χ1n) is 7.29. The van der Waals surface area contributed by atoms with Crippen molar-refractivity contribution in [3.8, 4) is 5.69 Å². The molecule has 1 heterocycles. The molecule has 128 valence electrons. The fraction of sp³-hybridized carbons (Fsp3) is 0.0625. The molecule has 0 aliphatic heterocycles. The highest BCUT2D eigenvalue weighted by atomic mass is 32.2. The molecule has 0 saturated carbocycles. The second-order valence-electron chi connectivity index (χ2n) is 5.23. The summed E-state index contributed by atoms with van der Waals surface area (Å²) in [5.41, 5.74) is 1.82. The van der Waals surface area contributed by atoms with E-state index in [9.17, 15) is 13.2 Å². The molecule has 1 aromatic heterocycles. The maximum atomic E-state index is 12.5. The van der Waals surface area contributed by atoms with Crippen molar-refractivity contribution in [2.24, 2.45) is 5.14 Å². The van der Waals surface area contributed by atoms with Crippen LogP contribution in [-0.2, 0) is 16.6 Å². The van der Waals surface area contributed by atoms with E-state index in [0.29, 0.717) is 11.3 Å². The van der Waals surface area contributed by atoms with Crippen LogP contribution in [0.25, 0.3) is 5.69 Å². The average Bonchev–Trinajstić information content (AvgIpc) is 3.14. The number of nitrogens with zero attached hydrogens (tertiary/aromatic N) is 3. The topological polar surface area (TPSA) is 120 Å². The largest absolute Gasteiger partial charge is 0.348 e. The first-order chi connectivity index (χ1) is 11.9. The Morgan fingerprint density at radius 1 is 1.12 bits per heavy atom. The maximum absolute atomic E-state index is 12.5. The van der Waals surface area contributed by atoms with Crippen LogP contribution in [0.3, 0.4) is 0 Å². The van der Waals surface area contributed by atoms with Gasteiger partial charge in [-0.15, -0.1) is 0 Å². The van der Waals surface area contributed by atoms with Gasteiger partial charge in [-0.2, -0.15) is 5.10 Å². The molecule has 0 fully saturated rings. The van der Waals surface area contributed by atoms with E-state index in [1.54, 1.807) is 36.4 Å². The summed E-state index contributed by atoms with van der Waals surface area (Å²) in [6.07, 6.45) is 2.90. The molecule has 3 N–H and O–H groups in total. The molecule has 0 atom stereocenters. The van der Waals surface area contributed by atoms with Gasteiger partial charge in [0, 0.05) is 6.54 Å². The summed E-state index contributed by atoms with van der Waals surface area (Å²) in [5, 5.41) is 11.9. The predicted molar refractivity (Wildman–Crippen MR) is 90.3 cm³/mol. The summed E-state index contributed by atoms with van der Waals surface area (Å²) in [5.74, 6) is -0.276. The molecule has 0 radical (unpaired) electrons. The molecule has 9 heteroatoms. The van der Waals surface area contributed by atoms with Crippen molar-refractivity contribution in [3.05, 3.63) is 72.3 Å². The Kier molecular flexibility index (Phi) is 4.59. The first-order valence-corrected chi connectivity index (χ1v) is 8.84. The van der Waals surface area contributed by atoms with E-state index in [1.165, 1.54) is 29.5 Å². The van der Waals surface area contributed by atoms with Gasteiger partial charge in [-0.05, 0) is 29.8 Å². The Bertz CT molecular complexity index is 983. The predicted octanol–water partition coefficient (Wildman–Crippen LogP) is 0.845. The van der Waals surface area contributed by atoms with Gasteiger partial charge in [0.05, 0.1) is 16.1 Å². The summed E-state index contributed by atoms with van der Waals surface area (Å²) >= 11 is 0. The molecular formula is C16H15N5O3S. The quantitative estimate of drug-likeness (QED) is 0.701. The van der Waals surface area contributed by atoms with Crippen molar-refractivity contribution < 1.29 is 13.2 Å². The van der Waals surface area contributed by atoms with Gasteiger partial charge in [0.25, 0.3) is 5.91 Å². The van der Waals surface area contributed by atoms with E-state index >= 15 is 0 Å². The zero-order chi connectivity index (χ0) is 17.9. The first kappa shape index (κ1) is 16.8. The van der Waals surface area contributed by atoms with E-state index in [0.717, 1.165) is 5.56 Å². The number of nitrogens with one attached hydrogen (secondary N) is 1. The third kappa shape index (κ3) is 3.90. The number of hydrogen-bond acceptors (Lipinski definition) is 5. The Morgan fingerprint density at radius 2 is 1.84 bits per heavy atom. The molecule has 0 aliphatic rings. The normalized spacial score (nSPS) is 11.2. The molecule has 0 aliphatic carbocycles. The van der Waals surface area contributed by atoms with Crippen LogP contribution in [0, 0.1) is 0 Å². The third-order valence-electron chi connectivity index (χ3n) is 3.52. The second-order valence-corrected chi connectivity index (χ2v) is 6.79. The van der Waals surface area contributed by atoms with Crippen LogP contribution >= 0.6 is 0 Å². The molecule has 3 rings (SSSR count). The Morgan fingerprint density at radius 3 is 2.48 bits per heavy atom. The minimum absolute atomic E-state index is 0.0269. The summed E-state index contributed by atoms with van der Waals surface area (Å²) in [4.78, 5) is 16.4. The van der Waals surface area contributed by atoms with Crippen molar-refractivity contribution in [1.29, 1.82) is 0 Å². The molecule has 0 bridgehead atoms. The average molecular weight is 357 g/mol. The van der Waals surface area contributed by atoms with Gasteiger partial charge in [0.2, 0.25) is 10.0 Å². The van der Waals surface area contributed by atoms with Crippen LogP contribution in [0.15, 0.2) is 66.1 Å². The minimum atomic E-state index is -3.73. The van der Waals surface area contributed by atoms with Gasteiger partial charge in [0.1, 0.15) is 12.7 Å². The Hall–Kier alpha value is -3.04. The Balaban J connectivity index is 1.74. The summed E-state index contributed by atoms with van der Waals surface area (Å²) in [6.45, 7) is 0.245. The van der Waals surface area contributed by atoms with E-state index in [4.69, 9.17) is 5.14 Å². The summed E-state index contributed by atoms with van der Waals surface area (Å²) in [6, 6.07) is 13.0. The molecule has 0 unspecified atom stereocenters. The number of aromatic nitrogens is 3. The highest BCUT2D eigenvalue weighted by Gasteiger charge is 2.13. The zero-order valence-electron chi connectivity index (χ0n) is 13.0. The number of benzene rings is 2. The van der Waals surface area contributed by atoms with Gasteiger partial charge in [-0.25, -0.2) is 23.2 Å². The van der Waals surface area contributed by atoms with E-state index in [1.807, 2.05) is 0 Å². The van der Waals surface area contributed by atoms with Gasteiger partial charge >= 0.3 is 0 Å². The lowest BCUT2D eigenvalue weighted by atomic mass is 10.1. The van der Waals surface area contributed by atoms with Crippen LogP contribution in [0.5, 0.6) is 0 Å². The molecule has 0 saturated heterocycles. The van der Waals surface area contributed by atoms with E-state index in [2.05, 4.69) is 15.4 Å². The van der Waals surface area contributed by atoms with Gasteiger partial charge in [0.15, 0.2) is 0 Å². The fourth-order valence-corrected chi connectivity index (χ4v) is 2.79. The fourth-order valence-electron chi connectivity index (χ4n) is 2.27. The van der Waals surface area contributed by atoms with E-state index < -0.39 is 10.0 Å². The van der Waals surface area contributed by atoms with Crippen molar-refractivity contribution in [3.63, 3.8) is 0 Å². The Labute approximate surface area is 144 Å². The molecule has 0 spiro atoms. The standard InChI is InChI=1S/C16H15N5O3S/c17-25(23,24)13-7-5-12(6-8-13)9-19-16(22)14-3-1-2-4-15(14)21-11-18-10-20-21/h1-8,10-11H,9H2,(H,19,22)(H2,17,23,24). The van der Waals surface area contributed by atoms with Crippen molar-refractivity contribution in [2.45, 2.75) is 11.4 Å². The summed E-state index contributed by atoms with van der Waals surface area (Å²) < 4.78 is 24.0. The number of amides is 1. The number of nitrogens with two attached hydrogens (primary N) is 1. The molecular weight excluding hydrogens is 342 g/mol. The molecule has 1 amide bonds. The second kappa shape index (κ2) is 6.83. The lowest BCUT2D eigenvalue weighted by Gasteiger charge is -2.10. The van der Waals surface area contributed by atoms with Crippen molar-refractivity contribution in [2.75, 3.05) is 0 Å². The lowest BCUT2D eigenvalue weighted by molar-refractivity contribution is 0.0950. The highest BCUT2D eigenvalue weighted by molar-refractivity contribution is 7.89. The zero-order valence-corrected chi connectivity index (χ0v) is 13.8. The third-order valence-corrected chi connectivity index (χ3v) is 4.45. The van der Waals surface area contributed by atoms with Crippen LogP contribution < -0.4 is 10.5 Å². The maximum Gasteiger partial charge on any atom is 0.253 e. The number of rotatable bonds is 5. The smallest absolute Gasteiger partial charge is 0.253 e. The van der Waals surface area contributed by atoms with Crippen LogP contribution in [0.4, 0.5) is 0 Å². The monoisotopic (exact) mass is 357 g/mol.